The van der Waals surface area contributed by atoms with Crippen molar-refractivity contribution in [2.24, 2.45) is 0 Å². The lowest BCUT2D eigenvalue weighted by Crippen LogP contribution is -2.43. The van der Waals surface area contributed by atoms with Gasteiger partial charge in [0, 0.05) is 22.9 Å². The maximum Gasteiger partial charge on any atom is 0.290 e. The van der Waals surface area contributed by atoms with Gasteiger partial charge in [-0.25, -0.2) is 4.68 Å². The van der Waals surface area contributed by atoms with Gasteiger partial charge in [-0.3, -0.25) is 25.2 Å². The first-order chi connectivity index (χ1) is 14.9. The minimum absolute atomic E-state index is 0.0401. The summed E-state index contributed by atoms with van der Waals surface area (Å²) < 4.78 is 6.85. The Kier molecular flexibility index (Phi) is 5.29. The fourth-order valence-corrected chi connectivity index (χ4v) is 3.55. The molecule has 0 spiro atoms. The fraction of sp³-hybridized carbons (Fsp3) is 0.217. The van der Waals surface area contributed by atoms with E-state index in [1.54, 1.807) is 37.5 Å². The molecule has 0 saturated carbocycles. The van der Waals surface area contributed by atoms with Gasteiger partial charge >= 0.3 is 0 Å². The molecule has 4 aromatic rings. The van der Waals surface area contributed by atoms with Gasteiger partial charge in [0.05, 0.1) is 18.1 Å². The molecule has 31 heavy (non-hydrogen) atoms. The van der Waals surface area contributed by atoms with Gasteiger partial charge in [-0.2, -0.15) is 5.10 Å². The van der Waals surface area contributed by atoms with Crippen LogP contribution in [-0.2, 0) is 17.8 Å². The number of carbonyl (C=O) groups excluding carboxylic acids is 2. The van der Waals surface area contributed by atoms with Crippen LogP contribution in [0.5, 0.6) is 0 Å². The summed E-state index contributed by atoms with van der Waals surface area (Å²) in [7, 11) is 0. The summed E-state index contributed by atoms with van der Waals surface area (Å²) in [6.07, 6.45) is 1.60. The molecule has 0 unspecified atom stereocenters. The summed E-state index contributed by atoms with van der Waals surface area (Å²) in [5, 5.41) is 5.85. The predicted molar refractivity (Wildman–Crippen MR) is 117 cm³/mol. The standard InChI is InChI=1S/C23H22N4O4/c1-4-27-23(30)18-8-6-5-7-17(18)20(26-27)22(29)25-24-19(28)11-15-12-31-21-14(3)13(2)9-10-16(15)21/h5-10,12H,4,11H2,1-3H3,(H,24,28)(H,25,29). The van der Waals surface area contributed by atoms with Crippen LogP contribution in [0.4, 0.5) is 0 Å². The number of carbonyl (C=O) groups is 2. The predicted octanol–water partition coefficient (Wildman–Crippen LogP) is 2.78. The average Bonchev–Trinajstić information content (AvgIpc) is 3.18. The summed E-state index contributed by atoms with van der Waals surface area (Å²) in [4.78, 5) is 37.6. The number of aromatic nitrogens is 2. The number of rotatable bonds is 4. The summed E-state index contributed by atoms with van der Waals surface area (Å²) in [6, 6.07) is 10.7. The van der Waals surface area contributed by atoms with Crippen molar-refractivity contribution >= 4 is 33.6 Å². The molecule has 2 aromatic carbocycles. The number of amides is 2. The van der Waals surface area contributed by atoms with E-state index in [0.717, 1.165) is 27.7 Å². The fourth-order valence-electron chi connectivity index (χ4n) is 3.55. The van der Waals surface area contributed by atoms with E-state index in [0.29, 0.717) is 17.3 Å². The van der Waals surface area contributed by atoms with Crippen LogP contribution < -0.4 is 16.4 Å². The number of nitrogens with zero attached hydrogens (tertiary/aromatic N) is 2. The average molecular weight is 418 g/mol. The van der Waals surface area contributed by atoms with Gasteiger partial charge in [0.2, 0.25) is 5.91 Å². The third-order valence-electron chi connectivity index (χ3n) is 5.39. The van der Waals surface area contributed by atoms with Crippen molar-refractivity contribution in [3.05, 3.63) is 75.4 Å². The van der Waals surface area contributed by atoms with Crippen LogP contribution in [0.2, 0.25) is 0 Å². The van der Waals surface area contributed by atoms with Crippen molar-refractivity contribution in [1.29, 1.82) is 0 Å². The summed E-state index contributed by atoms with van der Waals surface area (Å²) in [5.41, 5.74) is 8.24. The molecule has 2 N–H and O–H groups in total. The molecule has 0 aliphatic carbocycles. The van der Waals surface area contributed by atoms with Crippen LogP contribution in [0, 0.1) is 13.8 Å². The van der Waals surface area contributed by atoms with Crippen molar-refractivity contribution in [3.63, 3.8) is 0 Å². The molecular formula is C23H22N4O4. The quantitative estimate of drug-likeness (QED) is 0.496. The molecule has 0 radical (unpaired) electrons. The Hall–Kier alpha value is -3.94. The Labute approximate surface area is 177 Å². The highest BCUT2D eigenvalue weighted by Gasteiger charge is 2.18. The van der Waals surface area contributed by atoms with Crippen molar-refractivity contribution in [3.8, 4) is 0 Å². The van der Waals surface area contributed by atoms with Crippen LogP contribution in [0.1, 0.15) is 34.1 Å². The van der Waals surface area contributed by atoms with Gasteiger partial charge in [0.15, 0.2) is 5.69 Å². The maximum absolute atomic E-state index is 12.7. The second-order valence-electron chi connectivity index (χ2n) is 7.34. The number of hydrogen-bond donors (Lipinski definition) is 2. The van der Waals surface area contributed by atoms with Crippen molar-refractivity contribution < 1.29 is 14.0 Å². The van der Waals surface area contributed by atoms with Gasteiger partial charge < -0.3 is 4.42 Å². The Bertz CT molecular complexity index is 1380. The largest absolute Gasteiger partial charge is 0.464 e. The highest BCUT2D eigenvalue weighted by molar-refractivity contribution is 6.05. The molecule has 0 atom stereocenters. The van der Waals surface area contributed by atoms with Crippen LogP contribution in [0.25, 0.3) is 21.7 Å². The van der Waals surface area contributed by atoms with E-state index < -0.39 is 11.8 Å². The first-order valence-electron chi connectivity index (χ1n) is 9.96. The SMILES string of the molecule is CCn1nc(C(=O)NNC(=O)Cc2coc3c(C)c(C)ccc23)c2ccccc2c1=O. The summed E-state index contributed by atoms with van der Waals surface area (Å²) in [5.74, 6) is -1.00. The molecule has 0 fully saturated rings. The molecule has 2 aromatic heterocycles. The monoisotopic (exact) mass is 418 g/mol. The number of hydrazine groups is 1. The minimum atomic E-state index is -0.602. The second kappa shape index (κ2) is 8.06. The number of furan rings is 1. The smallest absolute Gasteiger partial charge is 0.290 e. The van der Waals surface area contributed by atoms with Gasteiger partial charge in [-0.1, -0.05) is 30.3 Å². The molecule has 8 heteroatoms. The van der Waals surface area contributed by atoms with Crippen molar-refractivity contribution in [1.82, 2.24) is 20.6 Å². The number of hydrogen-bond acceptors (Lipinski definition) is 5. The van der Waals surface area contributed by atoms with Gasteiger partial charge in [0.1, 0.15) is 5.58 Å². The molecule has 0 aliphatic rings. The topological polar surface area (TPSA) is 106 Å². The minimum Gasteiger partial charge on any atom is -0.464 e. The highest BCUT2D eigenvalue weighted by Crippen LogP contribution is 2.26. The zero-order valence-corrected chi connectivity index (χ0v) is 17.5. The third-order valence-corrected chi connectivity index (χ3v) is 5.39. The summed E-state index contributed by atoms with van der Waals surface area (Å²) >= 11 is 0. The molecular weight excluding hydrogens is 396 g/mol. The molecule has 0 aliphatic heterocycles. The van der Waals surface area contributed by atoms with Gasteiger partial charge in [-0.05, 0) is 38.0 Å². The number of fused-ring (bicyclic) bond motifs is 2. The van der Waals surface area contributed by atoms with Gasteiger partial charge in [-0.15, -0.1) is 0 Å². The highest BCUT2D eigenvalue weighted by atomic mass is 16.3. The number of aryl methyl sites for hydroxylation is 3. The normalized spacial score (nSPS) is 11.1. The molecule has 2 amide bonds. The van der Waals surface area contributed by atoms with E-state index in [1.165, 1.54) is 4.68 Å². The molecule has 8 nitrogen and oxygen atoms in total. The van der Waals surface area contributed by atoms with Crippen LogP contribution in [0.3, 0.4) is 0 Å². The number of benzene rings is 2. The van der Waals surface area contributed by atoms with E-state index in [2.05, 4.69) is 16.0 Å². The first kappa shape index (κ1) is 20.3. The lowest BCUT2D eigenvalue weighted by molar-refractivity contribution is -0.121. The lowest BCUT2D eigenvalue weighted by atomic mass is 10.0. The number of nitrogens with one attached hydrogen (secondary N) is 2. The molecule has 158 valence electrons. The molecule has 0 bridgehead atoms. The van der Waals surface area contributed by atoms with Crippen LogP contribution in [-0.4, -0.2) is 21.6 Å². The zero-order chi connectivity index (χ0) is 22.1. The molecule has 2 heterocycles. The van der Waals surface area contributed by atoms with Crippen molar-refractivity contribution in [2.75, 3.05) is 0 Å². The van der Waals surface area contributed by atoms with E-state index >= 15 is 0 Å². The summed E-state index contributed by atoms with van der Waals surface area (Å²) in [6.45, 7) is 6.06. The van der Waals surface area contributed by atoms with Crippen molar-refractivity contribution in [2.45, 2.75) is 33.7 Å². The second-order valence-corrected chi connectivity index (χ2v) is 7.34. The van der Waals surface area contributed by atoms with E-state index in [-0.39, 0.29) is 17.7 Å². The van der Waals surface area contributed by atoms with Crippen LogP contribution >= 0.6 is 0 Å². The Morgan fingerprint density at radius 2 is 1.77 bits per heavy atom. The van der Waals surface area contributed by atoms with E-state index in [9.17, 15) is 14.4 Å². The third kappa shape index (κ3) is 3.68. The van der Waals surface area contributed by atoms with Crippen LogP contribution in [0.15, 0.2) is 51.9 Å². The zero-order valence-electron chi connectivity index (χ0n) is 17.5. The Balaban J connectivity index is 1.52. The van der Waals surface area contributed by atoms with E-state index in [4.69, 9.17) is 4.42 Å². The Morgan fingerprint density at radius 3 is 2.52 bits per heavy atom. The molecule has 0 saturated heterocycles. The van der Waals surface area contributed by atoms with E-state index in [1.807, 2.05) is 26.0 Å². The first-order valence-corrected chi connectivity index (χ1v) is 9.96. The Morgan fingerprint density at radius 1 is 1.03 bits per heavy atom. The maximum atomic E-state index is 12.7. The molecule has 4 rings (SSSR count). The lowest BCUT2D eigenvalue weighted by Gasteiger charge is -2.11. The van der Waals surface area contributed by atoms with Gasteiger partial charge in [0.25, 0.3) is 11.5 Å².